The maximum atomic E-state index is 12.8. The van der Waals surface area contributed by atoms with Crippen molar-refractivity contribution in [2.75, 3.05) is 0 Å². The molecule has 0 N–H and O–H groups in total. The third kappa shape index (κ3) is 2.34. The van der Waals surface area contributed by atoms with E-state index in [9.17, 15) is 17.6 Å². The number of allylic oxidation sites excluding steroid dienone is 1. The van der Waals surface area contributed by atoms with Gasteiger partial charge in [-0.1, -0.05) is 12.2 Å². The van der Waals surface area contributed by atoms with Crippen molar-refractivity contribution in [1.82, 2.24) is 0 Å². The van der Waals surface area contributed by atoms with E-state index in [-0.39, 0.29) is 5.56 Å². The van der Waals surface area contributed by atoms with Gasteiger partial charge in [0.1, 0.15) is 5.82 Å². The molecule has 0 nitrogen and oxygen atoms in total. The molecule has 0 bridgehead atoms. The lowest BCUT2D eigenvalue weighted by atomic mass is 10.1. The molecule has 0 aromatic heterocycles. The van der Waals surface area contributed by atoms with Gasteiger partial charge in [0.2, 0.25) is 0 Å². The van der Waals surface area contributed by atoms with Crippen LogP contribution >= 0.6 is 0 Å². The van der Waals surface area contributed by atoms with Crippen LogP contribution in [0.4, 0.5) is 17.6 Å². The van der Waals surface area contributed by atoms with Crippen LogP contribution in [0.25, 0.3) is 5.57 Å². The monoisotopic (exact) mass is 204 g/mol. The second-order valence-corrected chi connectivity index (χ2v) is 3.01. The van der Waals surface area contributed by atoms with Crippen LogP contribution < -0.4 is 0 Å². The molecule has 0 unspecified atom stereocenters. The summed E-state index contributed by atoms with van der Waals surface area (Å²) in [5.41, 5.74) is -0.428. The van der Waals surface area contributed by atoms with Gasteiger partial charge in [-0.3, -0.25) is 0 Å². The largest absolute Gasteiger partial charge is 0.416 e. The van der Waals surface area contributed by atoms with Crippen molar-refractivity contribution in [3.05, 3.63) is 41.7 Å². The Balaban J connectivity index is 3.28. The second kappa shape index (κ2) is 3.44. The molecule has 0 aliphatic carbocycles. The average molecular weight is 204 g/mol. The van der Waals surface area contributed by atoms with Gasteiger partial charge >= 0.3 is 6.18 Å². The Morgan fingerprint density at radius 3 is 2.21 bits per heavy atom. The smallest absolute Gasteiger partial charge is 0.207 e. The van der Waals surface area contributed by atoms with Gasteiger partial charge in [-0.25, -0.2) is 4.39 Å². The van der Waals surface area contributed by atoms with Crippen molar-refractivity contribution < 1.29 is 17.6 Å². The van der Waals surface area contributed by atoms with Gasteiger partial charge in [0.25, 0.3) is 0 Å². The van der Waals surface area contributed by atoms with Crippen molar-refractivity contribution >= 4 is 5.57 Å². The molecular weight excluding hydrogens is 196 g/mol. The van der Waals surface area contributed by atoms with E-state index in [1.807, 2.05) is 0 Å². The van der Waals surface area contributed by atoms with Crippen molar-refractivity contribution in [1.29, 1.82) is 0 Å². The first-order valence-corrected chi connectivity index (χ1v) is 3.84. The van der Waals surface area contributed by atoms with Gasteiger partial charge < -0.3 is 0 Å². The number of alkyl halides is 3. The number of halogens is 4. The van der Waals surface area contributed by atoms with Gasteiger partial charge in [-0.05, 0) is 30.7 Å². The molecule has 4 heteroatoms. The summed E-state index contributed by atoms with van der Waals surface area (Å²) in [7, 11) is 0. The summed E-state index contributed by atoms with van der Waals surface area (Å²) in [6.45, 7) is 4.98. The topological polar surface area (TPSA) is 0 Å². The Morgan fingerprint density at radius 2 is 1.79 bits per heavy atom. The van der Waals surface area contributed by atoms with E-state index in [0.717, 1.165) is 12.1 Å². The van der Waals surface area contributed by atoms with E-state index in [2.05, 4.69) is 6.58 Å². The maximum absolute atomic E-state index is 12.8. The molecule has 0 aliphatic rings. The van der Waals surface area contributed by atoms with Gasteiger partial charge in [0.05, 0.1) is 5.56 Å². The van der Waals surface area contributed by atoms with E-state index in [4.69, 9.17) is 0 Å². The fourth-order valence-corrected chi connectivity index (χ4v) is 1.000. The molecule has 0 saturated carbocycles. The minimum absolute atomic E-state index is 0.164. The quantitative estimate of drug-likeness (QED) is 0.609. The fraction of sp³-hybridized carbons (Fsp3) is 0.200. The normalized spacial score (nSPS) is 11.5. The van der Waals surface area contributed by atoms with Crippen LogP contribution in [0.2, 0.25) is 0 Å². The lowest BCUT2D eigenvalue weighted by molar-refractivity contribution is -0.137. The van der Waals surface area contributed by atoms with Crippen molar-refractivity contribution in [3.8, 4) is 0 Å². The second-order valence-electron chi connectivity index (χ2n) is 3.01. The standard InChI is InChI=1S/C10H8F4/c1-6(2)7-3-8(10(12,13)14)5-9(11)4-7/h3-5H,1H2,2H3. The average Bonchev–Trinajstić information content (AvgIpc) is 2.01. The van der Waals surface area contributed by atoms with Crippen LogP contribution in [0.5, 0.6) is 0 Å². The summed E-state index contributed by atoms with van der Waals surface area (Å²) >= 11 is 0. The molecule has 0 atom stereocenters. The van der Waals surface area contributed by atoms with Crippen LogP contribution in [0.15, 0.2) is 24.8 Å². The van der Waals surface area contributed by atoms with E-state index >= 15 is 0 Å². The van der Waals surface area contributed by atoms with E-state index in [0.29, 0.717) is 11.6 Å². The Bertz CT molecular complexity index is 363. The number of rotatable bonds is 1. The molecular formula is C10H8F4. The molecule has 0 saturated heterocycles. The van der Waals surface area contributed by atoms with E-state index in [1.54, 1.807) is 0 Å². The van der Waals surface area contributed by atoms with Crippen molar-refractivity contribution in [2.24, 2.45) is 0 Å². The minimum Gasteiger partial charge on any atom is -0.207 e. The predicted octanol–water partition coefficient (Wildman–Crippen LogP) is 3.88. The number of hydrogen-bond acceptors (Lipinski definition) is 0. The highest BCUT2D eigenvalue weighted by atomic mass is 19.4. The van der Waals surface area contributed by atoms with E-state index in [1.165, 1.54) is 6.92 Å². The minimum atomic E-state index is -4.52. The molecule has 0 amide bonds. The highest BCUT2D eigenvalue weighted by Gasteiger charge is 2.31. The third-order valence-corrected chi connectivity index (χ3v) is 1.72. The van der Waals surface area contributed by atoms with Gasteiger partial charge in [-0.2, -0.15) is 13.2 Å². The molecule has 0 fully saturated rings. The maximum Gasteiger partial charge on any atom is 0.416 e. The molecule has 0 spiro atoms. The van der Waals surface area contributed by atoms with Crippen LogP contribution in [0.1, 0.15) is 18.1 Å². The number of hydrogen-bond donors (Lipinski definition) is 0. The molecule has 14 heavy (non-hydrogen) atoms. The number of benzene rings is 1. The molecule has 1 aromatic carbocycles. The Hall–Kier alpha value is -1.32. The Labute approximate surface area is 78.9 Å². The lowest BCUT2D eigenvalue weighted by Crippen LogP contribution is -2.06. The first-order valence-electron chi connectivity index (χ1n) is 3.84. The first-order chi connectivity index (χ1) is 6.30. The molecule has 0 aliphatic heterocycles. The molecule has 0 radical (unpaired) electrons. The first kappa shape index (κ1) is 10.8. The fourth-order valence-electron chi connectivity index (χ4n) is 1.000. The van der Waals surface area contributed by atoms with Crippen LogP contribution in [-0.4, -0.2) is 0 Å². The Kier molecular flexibility index (Phi) is 2.64. The molecule has 1 rings (SSSR count). The van der Waals surface area contributed by atoms with Gasteiger partial charge in [0, 0.05) is 0 Å². The zero-order chi connectivity index (χ0) is 10.9. The lowest BCUT2D eigenvalue weighted by Gasteiger charge is -2.08. The SMILES string of the molecule is C=C(C)c1cc(F)cc(C(F)(F)F)c1. The molecule has 76 valence electrons. The summed E-state index contributed by atoms with van der Waals surface area (Å²) in [6, 6.07) is 2.37. The third-order valence-electron chi connectivity index (χ3n) is 1.72. The zero-order valence-corrected chi connectivity index (χ0v) is 7.45. The van der Waals surface area contributed by atoms with Crippen molar-refractivity contribution in [3.63, 3.8) is 0 Å². The molecule has 0 heterocycles. The van der Waals surface area contributed by atoms with Crippen LogP contribution in [0.3, 0.4) is 0 Å². The van der Waals surface area contributed by atoms with Crippen LogP contribution in [-0.2, 0) is 6.18 Å². The highest BCUT2D eigenvalue weighted by molar-refractivity contribution is 5.62. The summed E-state index contributed by atoms with van der Waals surface area (Å²) in [6.07, 6.45) is -4.52. The summed E-state index contributed by atoms with van der Waals surface area (Å²) in [4.78, 5) is 0. The van der Waals surface area contributed by atoms with E-state index < -0.39 is 17.6 Å². The van der Waals surface area contributed by atoms with Gasteiger partial charge in [-0.15, -0.1) is 0 Å². The van der Waals surface area contributed by atoms with Crippen molar-refractivity contribution in [2.45, 2.75) is 13.1 Å². The summed E-state index contributed by atoms with van der Waals surface area (Å²) < 4.78 is 49.4. The zero-order valence-electron chi connectivity index (χ0n) is 7.45. The predicted molar refractivity (Wildman–Crippen MR) is 46.1 cm³/mol. The Morgan fingerprint density at radius 1 is 1.21 bits per heavy atom. The summed E-state index contributed by atoms with van der Waals surface area (Å²) in [5.74, 6) is -0.905. The van der Waals surface area contributed by atoms with Crippen LogP contribution in [0, 0.1) is 5.82 Å². The summed E-state index contributed by atoms with van der Waals surface area (Å²) in [5, 5.41) is 0. The highest BCUT2D eigenvalue weighted by Crippen LogP contribution is 2.31. The molecule has 1 aromatic rings. The van der Waals surface area contributed by atoms with Gasteiger partial charge in [0.15, 0.2) is 0 Å².